The molecule has 0 aliphatic carbocycles. The minimum absolute atomic E-state index is 0.103. The zero-order valence-corrected chi connectivity index (χ0v) is 70.2. The van der Waals surface area contributed by atoms with Crippen LogP contribution in [0.25, 0.3) is 10.8 Å². The van der Waals surface area contributed by atoms with Gasteiger partial charge in [-0.2, -0.15) is 0 Å². The molecule has 0 aliphatic rings. The van der Waals surface area contributed by atoms with Crippen LogP contribution in [0.2, 0.25) is 0 Å². The first kappa shape index (κ1) is 96.6. The Balaban J connectivity index is 0.000000989. The van der Waals surface area contributed by atoms with Gasteiger partial charge in [0.1, 0.15) is 0 Å². The van der Waals surface area contributed by atoms with E-state index in [2.05, 4.69) is 0 Å². The van der Waals surface area contributed by atoms with Gasteiger partial charge in [-0.3, -0.25) is 18.3 Å². The van der Waals surface area contributed by atoms with Gasteiger partial charge in [0.05, 0.1) is 59.2 Å². The van der Waals surface area contributed by atoms with Crippen molar-refractivity contribution in [2.75, 3.05) is 248 Å². The van der Waals surface area contributed by atoms with Crippen LogP contribution in [0.15, 0.2) is 46.2 Å². The summed E-state index contributed by atoms with van der Waals surface area (Å²) in [4.78, 5) is -0.299. The Labute approximate surface area is 643 Å². The second kappa shape index (κ2) is 52.6. The number of sulfone groups is 3. The fraction of sp³-hybridized carbons (Fsp3) is 0.800. The molecule has 0 amide bonds. The molecule has 45 heteroatoms. The number of hydrogen-bond donors (Lipinski definition) is 0. The molecule has 560 valence electrons. The highest BCUT2D eigenvalue weighted by Gasteiger charge is 2.43. The highest BCUT2D eigenvalue weighted by molar-refractivity contribution is 7.92. The van der Waals surface area contributed by atoms with Crippen LogP contribution >= 0.6 is 216 Å². The molecule has 95 heavy (non-hydrogen) atoms. The predicted molar refractivity (Wildman–Crippen MR) is 405 cm³/mol. The maximum absolute atomic E-state index is 14.4. The number of benzene rings is 2. The molecule has 0 aromatic heterocycles. The molecule has 0 bridgehead atoms. The summed E-state index contributed by atoms with van der Waals surface area (Å²) in [5, 5.41) is 0.298. The van der Waals surface area contributed by atoms with E-state index in [0.29, 0.717) is 0 Å². The average molecular weight is 1810 g/mol. The number of alkyl halides is 16. The van der Waals surface area contributed by atoms with Crippen LogP contribution in [-0.2, 0) is 65.9 Å². The van der Waals surface area contributed by atoms with Crippen molar-refractivity contribution in [3.63, 3.8) is 0 Å². The molecule has 0 radical (unpaired) electrons. The zero-order chi connectivity index (χ0) is 71.8. The number of halogens is 16. The van der Waals surface area contributed by atoms with Crippen molar-refractivity contribution in [1.82, 2.24) is 37.4 Å². The van der Waals surface area contributed by atoms with E-state index in [-0.39, 0.29) is 219 Å². The van der Waals surface area contributed by atoms with E-state index in [4.69, 9.17) is 204 Å². The van der Waals surface area contributed by atoms with Crippen molar-refractivity contribution in [3.8, 4) is 0 Å². The fourth-order valence-electron chi connectivity index (χ4n) is 9.06. The van der Waals surface area contributed by atoms with E-state index in [1.165, 1.54) is 73.8 Å². The lowest BCUT2D eigenvalue weighted by molar-refractivity contribution is 0.223. The number of nitrogens with zero attached hydrogens (tertiary/aromatic N) is 8. The van der Waals surface area contributed by atoms with Crippen molar-refractivity contribution >= 4 is 257 Å². The smallest absolute Gasteiger partial charge is 0.305 e. The Kier molecular flexibility index (Phi) is 53.5. The van der Waals surface area contributed by atoms with Crippen molar-refractivity contribution in [3.05, 3.63) is 36.4 Å². The molecule has 0 saturated carbocycles. The number of rotatable bonds is 58. The molecular formula is C50H86Cl16N8O14P4S3. The van der Waals surface area contributed by atoms with Crippen molar-refractivity contribution in [2.45, 2.75) is 9.79 Å². The number of fused-ring (bicyclic) bond motifs is 1. The first-order valence-electron chi connectivity index (χ1n) is 29.4. The summed E-state index contributed by atoms with van der Waals surface area (Å²) in [5.74, 6) is -0.169. The van der Waals surface area contributed by atoms with Crippen LogP contribution in [0.3, 0.4) is 0 Å². The minimum atomic E-state index is -4.15. The maximum atomic E-state index is 14.4. The third kappa shape index (κ3) is 31.8. The van der Waals surface area contributed by atoms with E-state index < -0.39 is 110 Å². The van der Waals surface area contributed by atoms with E-state index >= 15 is 0 Å². The van der Waals surface area contributed by atoms with Crippen LogP contribution in [0, 0.1) is 0 Å². The Hall–Kier alpha value is 3.63. The quantitative estimate of drug-likeness (QED) is 0.0442. The summed E-state index contributed by atoms with van der Waals surface area (Å²) in [6, 6.07) is 8.58. The second-order valence-corrected chi connectivity index (χ2v) is 41.3. The van der Waals surface area contributed by atoms with Crippen molar-refractivity contribution in [2.24, 2.45) is 0 Å². The lowest BCUT2D eigenvalue weighted by Crippen LogP contribution is -2.38. The van der Waals surface area contributed by atoms with Gasteiger partial charge in [-0.15, -0.1) is 186 Å². The number of hydrogen-bond acceptors (Lipinski definition) is 14. The first-order chi connectivity index (χ1) is 45.2. The van der Waals surface area contributed by atoms with Crippen LogP contribution < -0.4 is 0 Å². The van der Waals surface area contributed by atoms with Crippen LogP contribution in [-0.4, -0.2) is 311 Å². The summed E-state index contributed by atoms with van der Waals surface area (Å²) in [7, 11) is -27.4. The third-order valence-electron chi connectivity index (χ3n) is 13.4. The van der Waals surface area contributed by atoms with Gasteiger partial charge >= 0.3 is 30.7 Å². The van der Waals surface area contributed by atoms with E-state index in [1.807, 2.05) is 0 Å². The van der Waals surface area contributed by atoms with Gasteiger partial charge < -0.3 is 18.1 Å². The Morgan fingerprint density at radius 2 is 0.421 bits per heavy atom. The first-order valence-corrected chi connectivity index (χ1v) is 49.2. The Morgan fingerprint density at radius 3 is 0.579 bits per heavy atom. The monoisotopic (exact) mass is 1800 g/mol. The maximum Gasteiger partial charge on any atom is 0.346 e. The van der Waals surface area contributed by atoms with Gasteiger partial charge in [0, 0.05) is 210 Å². The summed E-state index contributed by atoms with van der Waals surface area (Å²) < 4.78 is 173. The standard InChI is InChI=1S/C30H46Cl8N4O8P2S2.C20H40Cl8N4O6P2S/c31-7-15-39(16-8-32)51(43,40(17-9-33)18-10-34)49-23-25-53(45,46)29-5-1-3-27-28(29)4-2-6-30(27)54(47,48)26-24-50-52(44,41(19-11-35)20-12-36)42(21-13-37)22-14-38;21-1-9-29(10-2-22)39(33,30(11-3-23)12-4-24)37-17-19-41(35,36)20-18-38-40(34,31(13-5-25)14-6-26)32(15-7-27)16-8-28/h1-6H,7-26H2;1-20H2. The summed E-state index contributed by atoms with van der Waals surface area (Å²) in [6.07, 6.45) is 0. The molecule has 0 spiro atoms. The highest BCUT2D eigenvalue weighted by Crippen LogP contribution is 2.57. The van der Waals surface area contributed by atoms with Gasteiger partial charge in [-0.05, 0) is 12.1 Å². The van der Waals surface area contributed by atoms with Crippen molar-refractivity contribution in [1.29, 1.82) is 0 Å². The molecule has 2 aromatic rings. The normalized spacial score (nSPS) is 13.3. The van der Waals surface area contributed by atoms with Gasteiger partial charge in [0.25, 0.3) is 0 Å². The summed E-state index contributed by atoms with van der Waals surface area (Å²) in [6.45, 7) is 0.843. The lowest BCUT2D eigenvalue weighted by atomic mass is 10.1. The Bertz CT molecular complexity index is 2700. The zero-order valence-electron chi connectivity index (χ0n) is 52.1. The molecule has 0 N–H and O–H groups in total. The average Bonchev–Trinajstić information content (AvgIpc) is 0.772. The molecule has 2 aromatic carbocycles. The topological polar surface area (TPSA) is 234 Å². The molecular weight excluding hydrogens is 1720 g/mol. The molecule has 0 atom stereocenters. The van der Waals surface area contributed by atoms with Gasteiger partial charge in [0.2, 0.25) is 0 Å². The SMILES string of the molecule is O=P(OCCS(=O)(=O)CCOP(=O)(N(CCCl)CCCl)N(CCCl)CCCl)(N(CCCl)CCCl)N(CCCl)CCCl.O=P(OCCS(=O)(=O)c1cccc2c(S(=O)(=O)CCOP(=O)(N(CCCl)CCCl)N(CCCl)CCCl)cccc12)(N(CCCl)CCCl)N(CCCl)CCCl. The fourth-order valence-corrected chi connectivity index (χ4v) is 27.9. The van der Waals surface area contributed by atoms with E-state index in [1.54, 1.807) is 0 Å². The van der Waals surface area contributed by atoms with E-state index in [0.717, 1.165) is 0 Å². The molecule has 0 saturated heterocycles. The van der Waals surface area contributed by atoms with Crippen LogP contribution in [0.5, 0.6) is 0 Å². The molecule has 0 heterocycles. The molecule has 0 aliphatic heterocycles. The van der Waals surface area contributed by atoms with Gasteiger partial charge in [0.15, 0.2) is 29.5 Å². The summed E-state index contributed by atoms with van der Waals surface area (Å²) in [5.41, 5.74) is 0. The lowest BCUT2D eigenvalue weighted by Gasteiger charge is -2.37. The highest BCUT2D eigenvalue weighted by atomic mass is 35.5. The minimum Gasteiger partial charge on any atom is -0.305 e. The van der Waals surface area contributed by atoms with Crippen LogP contribution in [0.1, 0.15) is 0 Å². The molecule has 0 fully saturated rings. The Morgan fingerprint density at radius 1 is 0.263 bits per heavy atom. The van der Waals surface area contributed by atoms with E-state index in [9.17, 15) is 43.5 Å². The third-order valence-corrected chi connectivity index (χ3v) is 32.1. The largest absolute Gasteiger partial charge is 0.346 e. The van der Waals surface area contributed by atoms with Gasteiger partial charge in [-0.25, -0.2) is 62.6 Å². The van der Waals surface area contributed by atoms with Crippen LogP contribution in [0.4, 0.5) is 0 Å². The predicted octanol–water partition coefficient (Wildman–Crippen LogP) is 13.5. The molecule has 0 unspecified atom stereocenters. The van der Waals surface area contributed by atoms with Gasteiger partial charge in [-0.1, -0.05) is 24.3 Å². The summed E-state index contributed by atoms with van der Waals surface area (Å²) >= 11 is 95.3. The molecule has 2 rings (SSSR count). The van der Waals surface area contributed by atoms with Crippen molar-refractivity contribution < 1.29 is 61.6 Å². The second-order valence-electron chi connectivity index (χ2n) is 19.3. The molecule has 22 nitrogen and oxygen atoms in total.